The standard InChI is InChI=1S/C28H37N7O/c1-30-25-17-24(36-4)21(18-28(25,29)13-16-34(2)3)33-27-31-14-12-20(32-27)26-19-9-5-6-10-22(19)35-15-8-7-11-23(26)35/h5-6,9-10,12,14,17-18,25,30H,7-8,11,13,15-16,29H2,1-4H3,(H,31,32,33). The van der Waals surface area contributed by atoms with Gasteiger partial charge in [0, 0.05) is 34.9 Å². The highest BCUT2D eigenvalue weighted by Gasteiger charge is 2.36. The quantitative estimate of drug-likeness (QED) is 0.448. The Morgan fingerprint density at radius 1 is 1.22 bits per heavy atom. The molecular weight excluding hydrogens is 450 g/mol. The highest BCUT2D eigenvalue weighted by molar-refractivity contribution is 5.97. The topological polar surface area (TPSA) is 93.3 Å². The number of para-hydroxylation sites is 1. The molecule has 1 aliphatic carbocycles. The van der Waals surface area contributed by atoms with Gasteiger partial charge in [-0.15, -0.1) is 0 Å². The number of fused-ring (bicyclic) bond motifs is 3. The second-order valence-corrected chi connectivity index (χ2v) is 10.1. The molecule has 0 spiro atoms. The summed E-state index contributed by atoms with van der Waals surface area (Å²) >= 11 is 0. The van der Waals surface area contributed by atoms with E-state index in [2.05, 4.69) is 69.5 Å². The van der Waals surface area contributed by atoms with Crippen LogP contribution < -0.4 is 16.4 Å². The molecule has 0 bridgehead atoms. The van der Waals surface area contributed by atoms with Crippen LogP contribution in [0.2, 0.25) is 0 Å². The summed E-state index contributed by atoms with van der Waals surface area (Å²) in [5.41, 5.74) is 11.9. The Balaban J connectivity index is 1.51. The number of hydrogen-bond acceptors (Lipinski definition) is 7. The minimum Gasteiger partial charge on any atom is -0.495 e. The van der Waals surface area contributed by atoms with Gasteiger partial charge in [-0.1, -0.05) is 18.2 Å². The Labute approximate surface area is 213 Å². The Bertz CT molecular complexity index is 1310. The average molecular weight is 488 g/mol. The van der Waals surface area contributed by atoms with E-state index in [1.165, 1.54) is 35.0 Å². The SMILES string of the molecule is CNC1C=C(OC)C(Nc2nccc(-c3c4n(c5ccccc35)CCCC4)n2)=CC1(N)CCN(C)C. The van der Waals surface area contributed by atoms with Crippen molar-refractivity contribution in [3.05, 3.63) is 65.8 Å². The minimum atomic E-state index is -0.585. The van der Waals surface area contributed by atoms with Crippen LogP contribution in [0.15, 0.2) is 60.1 Å². The Morgan fingerprint density at radius 3 is 2.83 bits per heavy atom. The van der Waals surface area contributed by atoms with Gasteiger partial charge in [-0.3, -0.25) is 0 Å². The number of nitrogens with one attached hydrogen (secondary N) is 2. The van der Waals surface area contributed by atoms with Crippen LogP contribution in [0.1, 0.15) is 25.0 Å². The maximum absolute atomic E-state index is 6.92. The number of anilines is 1. The lowest BCUT2D eigenvalue weighted by molar-refractivity contribution is 0.274. The van der Waals surface area contributed by atoms with E-state index in [-0.39, 0.29) is 6.04 Å². The number of hydrogen-bond donors (Lipinski definition) is 3. The number of benzene rings is 1. The van der Waals surface area contributed by atoms with Crippen LogP contribution in [0.3, 0.4) is 0 Å². The van der Waals surface area contributed by atoms with Crippen molar-refractivity contribution in [3.8, 4) is 11.3 Å². The van der Waals surface area contributed by atoms with Gasteiger partial charge in [0.1, 0.15) is 5.76 Å². The first-order valence-corrected chi connectivity index (χ1v) is 12.7. The number of aryl methyl sites for hydroxylation is 1. The van der Waals surface area contributed by atoms with Gasteiger partial charge in [0.2, 0.25) is 5.95 Å². The zero-order valence-corrected chi connectivity index (χ0v) is 21.7. The number of nitrogens with two attached hydrogens (primary N) is 1. The van der Waals surface area contributed by atoms with E-state index in [9.17, 15) is 0 Å². The molecule has 2 atom stereocenters. The fourth-order valence-electron chi connectivity index (χ4n) is 5.50. The summed E-state index contributed by atoms with van der Waals surface area (Å²) in [6.07, 6.45) is 10.2. The van der Waals surface area contributed by atoms with Crippen molar-refractivity contribution in [3.63, 3.8) is 0 Å². The molecule has 190 valence electrons. The van der Waals surface area contributed by atoms with Crippen molar-refractivity contribution in [2.45, 2.75) is 43.8 Å². The van der Waals surface area contributed by atoms with Gasteiger partial charge in [0.05, 0.1) is 30.1 Å². The minimum absolute atomic E-state index is 0.0515. The third-order valence-corrected chi connectivity index (χ3v) is 7.38. The predicted molar refractivity (Wildman–Crippen MR) is 146 cm³/mol. The van der Waals surface area contributed by atoms with Gasteiger partial charge in [0.25, 0.3) is 0 Å². The van der Waals surface area contributed by atoms with Crippen LogP contribution in [0, 0.1) is 0 Å². The summed E-state index contributed by atoms with van der Waals surface area (Å²) in [6.45, 7) is 1.92. The molecule has 5 rings (SSSR count). The fourth-order valence-corrected chi connectivity index (χ4v) is 5.50. The summed E-state index contributed by atoms with van der Waals surface area (Å²) < 4.78 is 8.19. The third-order valence-electron chi connectivity index (χ3n) is 7.38. The lowest BCUT2D eigenvalue weighted by Gasteiger charge is -2.38. The lowest BCUT2D eigenvalue weighted by atomic mass is 9.82. The molecule has 8 heteroatoms. The van der Waals surface area contributed by atoms with Crippen molar-refractivity contribution < 1.29 is 4.74 Å². The first-order chi connectivity index (χ1) is 17.4. The van der Waals surface area contributed by atoms with E-state index < -0.39 is 5.54 Å². The summed E-state index contributed by atoms with van der Waals surface area (Å²) in [6, 6.07) is 10.6. The number of methoxy groups -OCH3 is 1. The third kappa shape index (κ3) is 4.52. The molecule has 0 saturated heterocycles. The largest absolute Gasteiger partial charge is 0.495 e. The van der Waals surface area contributed by atoms with E-state index >= 15 is 0 Å². The molecule has 2 aliphatic rings. The highest BCUT2D eigenvalue weighted by atomic mass is 16.5. The van der Waals surface area contributed by atoms with Crippen molar-refractivity contribution >= 4 is 16.9 Å². The van der Waals surface area contributed by atoms with Crippen LogP contribution in [-0.4, -0.2) is 65.8 Å². The van der Waals surface area contributed by atoms with Gasteiger partial charge in [-0.05, 0) is 77.7 Å². The Hall–Kier alpha value is -3.20. The van der Waals surface area contributed by atoms with E-state index in [1.54, 1.807) is 7.11 Å². The van der Waals surface area contributed by atoms with E-state index in [4.69, 9.17) is 15.5 Å². The average Bonchev–Trinajstić information content (AvgIpc) is 3.22. The monoisotopic (exact) mass is 487 g/mol. The number of ether oxygens (including phenoxy) is 1. The summed E-state index contributed by atoms with van der Waals surface area (Å²) in [4.78, 5) is 11.7. The van der Waals surface area contributed by atoms with Crippen LogP contribution >= 0.6 is 0 Å². The number of likely N-dealkylation sites (N-methyl/N-ethyl adjacent to an activating group) is 1. The van der Waals surface area contributed by atoms with E-state index in [0.717, 1.165) is 43.1 Å². The van der Waals surface area contributed by atoms with Crippen LogP contribution in [0.5, 0.6) is 0 Å². The maximum atomic E-state index is 6.92. The van der Waals surface area contributed by atoms with Crippen molar-refractivity contribution in [1.82, 2.24) is 24.8 Å². The van der Waals surface area contributed by atoms with E-state index in [0.29, 0.717) is 5.95 Å². The molecule has 0 amide bonds. The Morgan fingerprint density at radius 2 is 2.06 bits per heavy atom. The number of aromatic nitrogens is 3. The number of nitrogens with zero attached hydrogens (tertiary/aromatic N) is 4. The van der Waals surface area contributed by atoms with Gasteiger partial charge in [-0.2, -0.15) is 0 Å². The molecule has 36 heavy (non-hydrogen) atoms. The molecule has 8 nitrogen and oxygen atoms in total. The van der Waals surface area contributed by atoms with Crippen LogP contribution in [0.25, 0.3) is 22.2 Å². The molecule has 2 aromatic heterocycles. The molecule has 2 unspecified atom stereocenters. The summed E-state index contributed by atoms with van der Waals surface area (Å²) in [5, 5.41) is 8.00. The molecule has 1 aliphatic heterocycles. The molecule has 0 radical (unpaired) electrons. The first-order valence-electron chi connectivity index (χ1n) is 12.7. The van der Waals surface area contributed by atoms with Gasteiger partial charge < -0.3 is 30.6 Å². The molecule has 3 aromatic rings. The van der Waals surface area contributed by atoms with Crippen molar-refractivity contribution in [2.75, 3.05) is 40.1 Å². The molecule has 0 fully saturated rings. The number of rotatable bonds is 8. The van der Waals surface area contributed by atoms with Crippen molar-refractivity contribution in [1.29, 1.82) is 0 Å². The van der Waals surface area contributed by atoms with E-state index in [1.807, 2.05) is 25.4 Å². The second-order valence-electron chi connectivity index (χ2n) is 10.1. The molecule has 4 N–H and O–H groups in total. The Kier molecular flexibility index (Phi) is 6.83. The first kappa shape index (κ1) is 24.5. The van der Waals surface area contributed by atoms with Crippen LogP contribution in [-0.2, 0) is 17.7 Å². The smallest absolute Gasteiger partial charge is 0.227 e. The highest BCUT2D eigenvalue weighted by Crippen LogP contribution is 2.37. The summed E-state index contributed by atoms with van der Waals surface area (Å²) in [5.74, 6) is 1.25. The zero-order valence-electron chi connectivity index (χ0n) is 21.7. The lowest BCUT2D eigenvalue weighted by Crippen LogP contribution is -2.57. The van der Waals surface area contributed by atoms with Crippen molar-refractivity contribution in [2.24, 2.45) is 5.73 Å². The summed E-state index contributed by atoms with van der Waals surface area (Å²) in [7, 11) is 7.72. The van der Waals surface area contributed by atoms with Gasteiger partial charge in [-0.25, -0.2) is 9.97 Å². The second kappa shape index (κ2) is 10.0. The molecule has 1 aromatic carbocycles. The maximum Gasteiger partial charge on any atom is 0.227 e. The van der Waals surface area contributed by atoms with Gasteiger partial charge >= 0.3 is 0 Å². The van der Waals surface area contributed by atoms with Gasteiger partial charge in [0.15, 0.2) is 0 Å². The molecular formula is C28H37N7O. The molecule has 0 saturated carbocycles. The normalized spacial score (nSPS) is 21.8. The fraction of sp³-hybridized carbons (Fsp3) is 0.429. The van der Waals surface area contributed by atoms with Crippen LogP contribution in [0.4, 0.5) is 5.95 Å². The zero-order chi connectivity index (χ0) is 25.3. The molecule has 3 heterocycles. The predicted octanol–water partition coefficient (Wildman–Crippen LogP) is 3.51.